The summed E-state index contributed by atoms with van der Waals surface area (Å²) in [5, 5.41) is 5.38. The van der Waals surface area contributed by atoms with E-state index in [1.165, 1.54) is 4.88 Å². The van der Waals surface area contributed by atoms with Crippen LogP contribution in [0.25, 0.3) is 0 Å². The molecule has 2 heterocycles. The molecule has 3 N–H and O–H groups in total. The zero-order valence-corrected chi connectivity index (χ0v) is 10.8. The minimum atomic E-state index is 0.0891. The lowest BCUT2D eigenvalue weighted by atomic mass is 10.1. The highest BCUT2D eigenvalue weighted by atomic mass is 79.9. The van der Waals surface area contributed by atoms with Gasteiger partial charge in [-0.05, 0) is 28.4 Å². The van der Waals surface area contributed by atoms with Gasteiger partial charge in [0.15, 0.2) is 0 Å². The van der Waals surface area contributed by atoms with Crippen LogP contribution in [0.15, 0.2) is 15.9 Å². The summed E-state index contributed by atoms with van der Waals surface area (Å²) in [6.45, 7) is 2.67. The average Bonchev–Trinajstić information content (AvgIpc) is 2.66. The fraction of sp³-hybridized carbons (Fsp3) is 0.600. The maximum Gasteiger partial charge on any atom is 0.0718 e. The first-order valence-corrected chi connectivity index (χ1v) is 6.75. The summed E-state index contributed by atoms with van der Waals surface area (Å²) in [7, 11) is 0. The van der Waals surface area contributed by atoms with Crippen molar-refractivity contribution in [3.8, 4) is 0 Å². The Morgan fingerprint density at radius 1 is 1.73 bits per heavy atom. The monoisotopic (exact) mass is 290 g/mol. The van der Waals surface area contributed by atoms with Crippen LogP contribution in [0.5, 0.6) is 0 Å². The highest BCUT2D eigenvalue weighted by Crippen LogP contribution is 2.27. The molecule has 0 saturated carbocycles. The van der Waals surface area contributed by atoms with Gasteiger partial charge in [-0.25, -0.2) is 0 Å². The molecule has 0 radical (unpaired) electrons. The third-order valence-corrected chi connectivity index (χ3v) is 4.30. The van der Waals surface area contributed by atoms with E-state index < -0.39 is 0 Å². The van der Waals surface area contributed by atoms with E-state index in [0.29, 0.717) is 0 Å². The summed E-state index contributed by atoms with van der Waals surface area (Å²) in [4.78, 5) is 1.22. The number of halogens is 1. The van der Waals surface area contributed by atoms with Gasteiger partial charge in [-0.2, -0.15) is 0 Å². The van der Waals surface area contributed by atoms with Crippen molar-refractivity contribution in [3.05, 3.63) is 20.8 Å². The number of morpholine rings is 1. The zero-order chi connectivity index (χ0) is 10.7. The van der Waals surface area contributed by atoms with Gasteiger partial charge in [-0.1, -0.05) is 0 Å². The molecule has 5 heteroatoms. The Labute approximate surface area is 102 Å². The quantitative estimate of drug-likeness (QED) is 0.894. The van der Waals surface area contributed by atoms with E-state index in [1.807, 2.05) is 0 Å². The minimum Gasteiger partial charge on any atom is -0.376 e. The first-order chi connectivity index (χ1) is 7.25. The van der Waals surface area contributed by atoms with Crippen LogP contribution >= 0.6 is 27.3 Å². The van der Waals surface area contributed by atoms with Crippen LogP contribution in [0.1, 0.15) is 17.3 Å². The molecule has 15 heavy (non-hydrogen) atoms. The molecule has 84 valence electrons. The number of hydrogen-bond donors (Lipinski definition) is 2. The van der Waals surface area contributed by atoms with Gasteiger partial charge in [0, 0.05) is 33.9 Å². The maximum atomic E-state index is 6.12. The van der Waals surface area contributed by atoms with Crippen molar-refractivity contribution in [1.82, 2.24) is 5.32 Å². The fourth-order valence-electron chi connectivity index (χ4n) is 1.69. The minimum absolute atomic E-state index is 0.0891. The largest absolute Gasteiger partial charge is 0.376 e. The normalized spacial score (nSPS) is 24.0. The second kappa shape index (κ2) is 5.41. The predicted octanol–water partition coefficient (Wildman–Crippen LogP) is 1.89. The van der Waals surface area contributed by atoms with Gasteiger partial charge in [0.1, 0.15) is 0 Å². The summed E-state index contributed by atoms with van der Waals surface area (Å²) in [5.41, 5.74) is 6.12. The van der Waals surface area contributed by atoms with E-state index in [1.54, 1.807) is 11.3 Å². The first kappa shape index (κ1) is 11.5. The van der Waals surface area contributed by atoms with E-state index in [-0.39, 0.29) is 12.1 Å². The Morgan fingerprint density at radius 3 is 3.20 bits per heavy atom. The molecule has 0 aromatic carbocycles. The maximum absolute atomic E-state index is 6.12. The zero-order valence-electron chi connectivity index (χ0n) is 8.41. The van der Waals surface area contributed by atoms with Crippen LogP contribution in [0.2, 0.25) is 0 Å². The fourth-order valence-corrected chi connectivity index (χ4v) is 3.15. The topological polar surface area (TPSA) is 47.3 Å². The van der Waals surface area contributed by atoms with Crippen molar-refractivity contribution < 1.29 is 4.74 Å². The van der Waals surface area contributed by atoms with Gasteiger partial charge in [-0.3, -0.25) is 0 Å². The van der Waals surface area contributed by atoms with Crippen molar-refractivity contribution in [2.75, 3.05) is 19.7 Å². The highest BCUT2D eigenvalue weighted by Gasteiger charge is 2.18. The summed E-state index contributed by atoms with van der Waals surface area (Å²) in [6, 6.07) is 2.18. The number of nitrogens with two attached hydrogens (primary N) is 1. The van der Waals surface area contributed by atoms with Gasteiger partial charge in [-0.15, -0.1) is 11.3 Å². The number of hydrogen-bond acceptors (Lipinski definition) is 4. The Morgan fingerprint density at radius 2 is 2.60 bits per heavy atom. The highest BCUT2D eigenvalue weighted by molar-refractivity contribution is 9.10. The van der Waals surface area contributed by atoms with E-state index in [4.69, 9.17) is 10.5 Å². The molecule has 1 aliphatic rings. The molecule has 0 aliphatic carbocycles. The van der Waals surface area contributed by atoms with Crippen LogP contribution in [0.4, 0.5) is 0 Å². The smallest absolute Gasteiger partial charge is 0.0718 e. The Kier molecular flexibility index (Phi) is 4.16. The number of thiophene rings is 1. The van der Waals surface area contributed by atoms with E-state index in [0.717, 1.165) is 30.6 Å². The van der Waals surface area contributed by atoms with Gasteiger partial charge in [0.25, 0.3) is 0 Å². The van der Waals surface area contributed by atoms with Crippen LogP contribution in [-0.2, 0) is 4.74 Å². The molecule has 0 amide bonds. The Hall–Kier alpha value is 0.0600. The predicted molar refractivity (Wildman–Crippen MR) is 66.2 cm³/mol. The van der Waals surface area contributed by atoms with Crippen molar-refractivity contribution in [1.29, 1.82) is 0 Å². The molecule has 2 atom stereocenters. The number of nitrogens with one attached hydrogen (secondary N) is 1. The molecule has 1 fully saturated rings. The second-order valence-electron chi connectivity index (χ2n) is 3.71. The lowest BCUT2D eigenvalue weighted by Gasteiger charge is -2.25. The molecule has 0 spiro atoms. The molecule has 1 aliphatic heterocycles. The van der Waals surface area contributed by atoms with Crippen LogP contribution in [0, 0.1) is 0 Å². The second-order valence-corrected chi connectivity index (χ2v) is 5.56. The van der Waals surface area contributed by atoms with Gasteiger partial charge in [0.2, 0.25) is 0 Å². The molecular formula is C10H15BrN2OS. The van der Waals surface area contributed by atoms with Crippen molar-refractivity contribution in [2.24, 2.45) is 5.73 Å². The first-order valence-electron chi connectivity index (χ1n) is 5.07. The molecule has 2 unspecified atom stereocenters. The third-order valence-electron chi connectivity index (χ3n) is 2.47. The molecule has 1 saturated heterocycles. The van der Waals surface area contributed by atoms with Crippen LogP contribution < -0.4 is 11.1 Å². The summed E-state index contributed by atoms with van der Waals surface area (Å²) in [6.07, 6.45) is 1.15. The molecule has 0 bridgehead atoms. The van der Waals surface area contributed by atoms with E-state index >= 15 is 0 Å². The Bertz CT molecular complexity index is 312. The SMILES string of the molecule is NC(CC1CNCCO1)c1cc(Br)cs1. The van der Waals surface area contributed by atoms with E-state index in [2.05, 4.69) is 32.7 Å². The molecular weight excluding hydrogens is 276 g/mol. The van der Waals surface area contributed by atoms with Gasteiger partial charge >= 0.3 is 0 Å². The number of ether oxygens (including phenoxy) is 1. The molecule has 3 nitrogen and oxygen atoms in total. The van der Waals surface area contributed by atoms with Crippen LogP contribution in [0.3, 0.4) is 0 Å². The molecule has 1 aromatic rings. The lowest BCUT2D eigenvalue weighted by molar-refractivity contribution is 0.0197. The summed E-state index contributed by atoms with van der Waals surface area (Å²) >= 11 is 5.14. The number of rotatable bonds is 3. The third kappa shape index (κ3) is 3.26. The molecule has 1 aromatic heterocycles. The summed E-state index contributed by atoms with van der Waals surface area (Å²) < 4.78 is 6.74. The average molecular weight is 291 g/mol. The summed E-state index contributed by atoms with van der Waals surface area (Å²) in [5.74, 6) is 0. The Balaban J connectivity index is 1.88. The lowest BCUT2D eigenvalue weighted by Crippen LogP contribution is -2.39. The van der Waals surface area contributed by atoms with Crippen molar-refractivity contribution in [3.63, 3.8) is 0 Å². The van der Waals surface area contributed by atoms with E-state index in [9.17, 15) is 0 Å². The van der Waals surface area contributed by atoms with Gasteiger partial charge < -0.3 is 15.8 Å². The molecule has 2 rings (SSSR count). The standard InChI is InChI=1S/C10H15BrN2OS/c11-7-3-10(15-6-7)9(12)4-8-5-13-1-2-14-8/h3,6,8-9,13H,1-2,4-5,12H2. The van der Waals surface area contributed by atoms with Crippen molar-refractivity contribution >= 4 is 27.3 Å². The van der Waals surface area contributed by atoms with Gasteiger partial charge in [0.05, 0.1) is 12.7 Å². The van der Waals surface area contributed by atoms with Crippen molar-refractivity contribution in [2.45, 2.75) is 18.6 Å². The van der Waals surface area contributed by atoms with Crippen LogP contribution in [-0.4, -0.2) is 25.8 Å².